The number of aromatic amines is 1. The van der Waals surface area contributed by atoms with Gasteiger partial charge in [0.2, 0.25) is 0 Å². The van der Waals surface area contributed by atoms with E-state index in [2.05, 4.69) is 16.3 Å². The van der Waals surface area contributed by atoms with E-state index in [4.69, 9.17) is 12.2 Å². The van der Waals surface area contributed by atoms with Crippen LogP contribution >= 0.6 is 12.2 Å². The van der Waals surface area contributed by atoms with E-state index in [9.17, 15) is 10.2 Å². The van der Waals surface area contributed by atoms with Crippen LogP contribution in [0.25, 0.3) is 27.8 Å². The number of phenols is 2. The van der Waals surface area contributed by atoms with E-state index in [0.29, 0.717) is 16.2 Å². The van der Waals surface area contributed by atoms with Crippen molar-refractivity contribution in [2.45, 2.75) is 6.92 Å². The molecule has 0 saturated carbocycles. The smallest absolute Gasteiger partial charge is 0.200 e. The molecule has 6 heteroatoms. The third-order valence-electron chi connectivity index (χ3n) is 4.12. The predicted octanol–water partition coefficient (Wildman–Crippen LogP) is 4.47. The summed E-state index contributed by atoms with van der Waals surface area (Å²) >= 11 is 5.44. The van der Waals surface area contributed by atoms with Gasteiger partial charge in [0.1, 0.15) is 11.5 Å². The monoisotopic (exact) mass is 349 g/mol. The average Bonchev–Trinajstić information content (AvgIpc) is 2.95. The first kappa shape index (κ1) is 15.4. The van der Waals surface area contributed by atoms with E-state index in [1.54, 1.807) is 10.6 Å². The van der Waals surface area contributed by atoms with Crippen molar-refractivity contribution in [3.05, 3.63) is 64.9 Å². The van der Waals surface area contributed by atoms with Crippen molar-refractivity contribution in [3.63, 3.8) is 0 Å². The highest BCUT2D eigenvalue weighted by atomic mass is 32.1. The highest BCUT2D eigenvalue weighted by molar-refractivity contribution is 7.71. The Bertz CT molecular complexity index is 1160. The molecule has 4 aromatic rings. The molecule has 0 bridgehead atoms. The molecule has 0 atom stereocenters. The summed E-state index contributed by atoms with van der Waals surface area (Å²) in [6.45, 7) is 2.03. The van der Waals surface area contributed by atoms with Crippen LogP contribution in [0.2, 0.25) is 0 Å². The maximum atomic E-state index is 10.2. The van der Waals surface area contributed by atoms with Gasteiger partial charge in [-0.3, -0.25) is 9.67 Å². The Morgan fingerprint density at radius 1 is 1.04 bits per heavy atom. The lowest BCUT2D eigenvalue weighted by molar-refractivity contribution is 0.451. The number of aryl methyl sites for hydroxylation is 1. The van der Waals surface area contributed by atoms with E-state index in [-0.39, 0.29) is 11.5 Å². The molecule has 3 N–H and O–H groups in total. The summed E-state index contributed by atoms with van der Waals surface area (Å²) in [5.41, 5.74) is 2.46. The maximum absolute atomic E-state index is 10.2. The molecule has 4 rings (SSSR count). The molecule has 0 aliphatic carbocycles. The minimum Gasteiger partial charge on any atom is -0.508 e. The molecular formula is C19H15N3O2S. The second kappa shape index (κ2) is 5.75. The number of H-pyrrole nitrogens is 1. The van der Waals surface area contributed by atoms with Crippen molar-refractivity contribution in [3.8, 4) is 28.6 Å². The molecule has 0 unspecified atom stereocenters. The van der Waals surface area contributed by atoms with Gasteiger partial charge in [0.15, 0.2) is 10.6 Å². The van der Waals surface area contributed by atoms with Crippen molar-refractivity contribution >= 4 is 23.0 Å². The van der Waals surface area contributed by atoms with Crippen LogP contribution in [-0.4, -0.2) is 25.0 Å². The molecule has 0 fully saturated rings. The molecule has 3 aromatic carbocycles. The molecule has 1 heterocycles. The van der Waals surface area contributed by atoms with Crippen LogP contribution in [0.5, 0.6) is 11.5 Å². The topological polar surface area (TPSA) is 74.1 Å². The molecule has 0 radical (unpaired) electrons. The number of nitrogens with one attached hydrogen (secondary N) is 1. The van der Waals surface area contributed by atoms with E-state index in [1.165, 1.54) is 12.1 Å². The van der Waals surface area contributed by atoms with Gasteiger partial charge in [-0.15, -0.1) is 0 Å². The van der Waals surface area contributed by atoms with E-state index >= 15 is 0 Å². The first-order valence-electron chi connectivity index (χ1n) is 7.74. The normalized spacial score (nSPS) is 11.1. The molecule has 0 spiro atoms. The van der Waals surface area contributed by atoms with Crippen LogP contribution in [0.4, 0.5) is 0 Å². The third kappa shape index (κ3) is 2.56. The number of fused-ring (bicyclic) bond motifs is 1. The molecule has 25 heavy (non-hydrogen) atoms. The van der Waals surface area contributed by atoms with Crippen LogP contribution in [0.15, 0.2) is 54.6 Å². The van der Waals surface area contributed by atoms with Crippen molar-refractivity contribution < 1.29 is 10.2 Å². The van der Waals surface area contributed by atoms with E-state index in [0.717, 1.165) is 22.0 Å². The zero-order valence-electron chi connectivity index (χ0n) is 13.4. The Kier molecular flexibility index (Phi) is 3.54. The number of hydrogen-bond donors (Lipinski definition) is 3. The molecule has 0 amide bonds. The number of hydrogen-bond acceptors (Lipinski definition) is 4. The van der Waals surface area contributed by atoms with Gasteiger partial charge in [0, 0.05) is 11.5 Å². The largest absolute Gasteiger partial charge is 0.508 e. The third-order valence-corrected chi connectivity index (χ3v) is 4.39. The van der Waals surface area contributed by atoms with Gasteiger partial charge in [-0.05, 0) is 48.3 Å². The second-order valence-electron chi connectivity index (χ2n) is 5.89. The van der Waals surface area contributed by atoms with Crippen LogP contribution in [0, 0.1) is 11.7 Å². The summed E-state index contributed by atoms with van der Waals surface area (Å²) in [7, 11) is 0. The van der Waals surface area contributed by atoms with Crippen LogP contribution in [-0.2, 0) is 0 Å². The van der Waals surface area contributed by atoms with Crippen molar-refractivity contribution in [2.24, 2.45) is 0 Å². The van der Waals surface area contributed by atoms with Gasteiger partial charge < -0.3 is 10.2 Å². The van der Waals surface area contributed by atoms with Gasteiger partial charge in [-0.2, -0.15) is 5.10 Å². The molecule has 0 aliphatic rings. The minimum atomic E-state index is -0.0628. The Balaban J connectivity index is 2.06. The summed E-state index contributed by atoms with van der Waals surface area (Å²) in [5, 5.41) is 29.0. The Hall–Kier alpha value is -3.12. The number of nitrogens with zero attached hydrogens (tertiary/aromatic N) is 2. The molecular weight excluding hydrogens is 334 g/mol. The molecule has 0 saturated heterocycles. The first-order valence-corrected chi connectivity index (χ1v) is 8.15. The lowest BCUT2D eigenvalue weighted by atomic mass is 10.0. The Morgan fingerprint density at radius 2 is 1.84 bits per heavy atom. The summed E-state index contributed by atoms with van der Waals surface area (Å²) < 4.78 is 2.23. The van der Waals surface area contributed by atoms with Gasteiger partial charge in [-0.25, -0.2) is 0 Å². The fourth-order valence-electron chi connectivity index (χ4n) is 3.03. The van der Waals surface area contributed by atoms with Gasteiger partial charge >= 0.3 is 0 Å². The minimum absolute atomic E-state index is 0.0112. The Morgan fingerprint density at radius 3 is 2.64 bits per heavy atom. The summed E-state index contributed by atoms with van der Waals surface area (Å²) in [4.78, 5) is 0. The van der Waals surface area contributed by atoms with Crippen LogP contribution in [0.1, 0.15) is 5.56 Å². The summed E-state index contributed by atoms with van der Waals surface area (Å²) in [5.74, 6) is 0.411. The van der Waals surface area contributed by atoms with Gasteiger partial charge in [-0.1, -0.05) is 30.3 Å². The molecule has 5 nitrogen and oxygen atoms in total. The quantitative estimate of drug-likeness (QED) is 0.467. The SMILES string of the molecule is Cc1cc(-n2c(-c3ccc(O)cc3O)n[nH]c2=S)c2ccccc2c1. The highest BCUT2D eigenvalue weighted by Crippen LogP contribution is 2.34. The van der Waals surface area contributed by atoms with Crippen LogP contribution in [0.3, 0.4) is 0 Å². The lowest BCUT2D eigenvalue weighted by Gasteiger charge is -2.12. The standard InChI is InChI=1S/C19H15N3O2S/c1-11-8-12-4-2-3-5-14(12)16(9-11)22-18(20-21-19(22)25)15-7-6-13(23)10-17(15)24/h2-10,23-24H,1H3,(H,21,25). The summed E-state index contributed by atoms with van der Waals surface area (Å²) in [6, 6.07) is 16.6. The highest BCUT2D eigenvalue weighted by Gasteiger charge is 2.16. The number of aromatic nitrogens is 3. The summed E-state index contributed by atoms with van der Waals surface area (Å²) in [6.07, 6.45) is 0. The van der Waals surface area contributed by atoms with Gasteiger partial charge in [0.25, 0.3) is 0 Å². The van der Waals surface area contributed by atoms with Gasteiger partial charge in [0.05, 0.1) is 11.3 Å². The van der Waals surface area contributed by atoms with Crippen molar-refractivity contribution in [1.82, 2.24) is 14.8 Å². The zero-order chi connectivity index (χ0) is 17.6. The number of rotatable bonds is 2. The Labute approximate surface area is 148 Å². The van der Waals surface area contributed by atoms with E-state index in [1.807, 2.05) is 37.3 Å². The lowest BCUT2D eigenvalue weighted by Crippen LogP contribution is -2.00. The fraction of sp³-hybridized carbons (Fsp3) is 0.0526. The number of aromatic hydroxyl groups is 2. The number of benzene rings is 3. The van der Waals surface area contributed by atoms with Crippen molar-refractivity contribution in [1.29, 1.82) is 0 Å². The fourth-order valence-corrected chi connectivity index (χ4v) is 3.26. The second-order valence-corrected chi connectivity index (χ2v) is 6.28. The zero-order valence-corrected chi connectivity index (χ0v) is 14.2. The number of phenolic OH excluding ortho intramolecular Hbond substituents is 2. The molecule has 1 aromatic heterocycles. The predicted molar refractivity (Wildman–Crippen MR) is 99.8 cm³/mol. The first-order chi connectivity index (χ1) is 12.0. The van der Waals surface area contributed by atoms with E-state index < -0.39 is 0 Å². The van der Waals surface area contributed by atoms with Crippen molar-refractivity contribution in [2.75, 3.05) is 0 Å². The molecule has 124 valence electrons. The molecule has 0 aliphatic heterocycles. The van der Waals surface area contributed by atoms with Crippen LogP contribution < -0.4 is 0 Å². The maximum Gasteiger partial charge on any atom is 0.200 e. The average molecular weight is 349 g/mol.